The molecule has 6 nitrogen and oxygen atoms in total. The van der Waals surface area contributed by atoms with Crippen LogP contribution in [-0.2, 0) is 19.4 Å². The molecule has 158 valence electrons. The van der Waals surface area contributed by atoms with Gasteiger partial charge in [-0.05, 0) is 75.1 Å². The van der Waals surface area contributed by atoms with Crippen LogP contribution in [0.4, 0.5) is 5.82 Å². The normalized spacial score (nSPS) is 12.0. The topological polar surface area (TPSA) is 96.7 Å². The van der Waals surface area contributed by atoms with Crippen LogP contribution < -0.4 is 11.1 Å². The van der Waals surface area contributed by atoms with Crippen LogP contribution in [0.15, 0.2) is 30.5 Å². The van der Waals surface area contributed by atoms with Crippen molar-refractivity contribution in [2.24, 2.45) is 0 Å². The molecule has 0 saturated carbocycles. The van der Waals surface area contributed by atoms with E-state index in [1.807, 2.05) is 39.8 Å². The molecule has 4 N–H and O–H groups in total. The van der Waals surface area contributed by atoms with Gasteiger partial charge in [0.2, 0.25) is 0 Å². The van der Waals surface area contributed by atoms with E-state index in [0.29, 0.717) is 24.3 Å². The van der Waals surface area contributed by atoms with E-state index in [0.717, 1.165) is 40.3 Å². The first-order valence-corrected chi connectivity index (χ1v) is 10.4. The molecule has 1 unspecified atom stereocenters. The minimum Gasteiger partial charge on any atom is -0.384 e. The standard InChI is InChI=1S/C23H28ClN5O/c1-13-7-22(25)29-16(4)21(13)12-27-23(30)17-5-6-26-19(9-17)11-20-10-18(8-14(2)24)15(3)28-20/h5-7,9-10,14,28H,8,11-12H2,1-4H3,(H2,25,29)(H,27,30). The van der Waals surface area contributed by atoms with E-state index < -0.39 is 0 Å². The first-order valence-electron chi connectivity index (χ1n) is 10.00. The highest BCUT2D eigenvalue weighted by atomic mass is 35.5. The Bertz CT molecular complexity index is 1030. The van der Waals surface area contributed by atoms with Gasteiger partial charge in [0.05, 0.1) is 0 Å². The number of amides is 1. The Hall–Kier alpha value is -2.86. The van der Waals surface area contributed by atoms with E-state index in [9.17, 15) is 4.79 Å². The SMILES string of the molecule is Cc1cc(N)nc(C)c1CNC(=O)c1ccnc(Cc2cc(CC(C)Cl)c(C)[nH]2)c1. The van der Waals surface area contributed by atoms with Crippen LogP contribution in [0.5, 0.6) is 0 Å². The molecular weight excluding hydrogens is 398 g/mol. The van der Waals surface area contributed by atoms with Crippen LogP contribution >= 0.6 is 11.6 Å². The molecule has 3 aromatic rings. The van der Waals surface area contributed by atoms with Crippen molar-refractivity contribution in [2.75, 3.05) is 5.73 Å². The molecule has 3 heterocycles. The average molecular weight is 426 g/mol. The Morgan fingerprint density at radius 3 is 2.73 bits per heavy atom. The zero-order chi connectivity index (χ0) is 21.8. The number of alkyl halides is 1. The number of hydrogen-bond acceptors (Lipinski definition) is 4. The number of nitrogens with zero attached hydrogens (tertiary/aromatic N) is 2. The molecule has 7 heteroatoms. The lowest BCUT2D eigenvalue weighted by Gasteiger charge is -2.12. The van der Waals surface area contributed by atoms with Gasteiger partial charge in [-0.15, -0.1) is 11.6 Å². The number of aromatic nitrogens is 3. The molecule has 1 atom stereocenters. The quantitative estimate of drug-likeness (QED) is 0.498. The summed E-state index contributed by atoms with van der Waals surface area (Å²) < 4.78 is 0. The lowest BCUT2D eigenvalue weighted by atomic mass is 10.1. The number of H-pyrrole nitrogens is 1. The Kier molecular flexibility index (Phi) is 6.77. The Balaban J connectivity index is 1.69. The largest absolute Gasteiger partial charge is 0.384 e. The maximum absolute atomic E-state index is 12.7. The third-order valence-electron chi connectivity index (χ3n) is 5.13. The number of hydrogen-bond donors (Lipinski definition) is 3. The number of carbonyl (C=O) groups excluding carboxylic acids is 1. The minimum absolute atomic E-state index is 0.0843. The van der Waals surface area contributed by atoms with E-state index in [1.54, 1.807) is 12.3 Å². The van der Waals surface area contributed by atoms with Crippen LogP contribution in [0.2, 0.25) is 0 Å². The lowest BCUT2D eigenvalue weighted by Crippen LogP contribution is -2.24. The van der Waals surface area contributed by atoms with Crippen molar-refractivity contribution in [3.8, 4) is 0 Å². The molecule has 1 amide bonds. The number of nitrogens with two attached hydrogens (primary N) is 1. The summed E-state index contributed by atoms with van der Waals surface area (Å²) in [6, 6.07) is 7.50. The van der Waals surface area contributed by atoms with Crippen LogP contribution in [0.1, 0.15) is 56.7 Å². The fraction of sp³-hybridized carbons (Fsp3) is 0.348. The van der Waals surface area contributed by atoms with Crippen LogP contribution in [0.3, 0.4) is 0 Å². The minimum atomic E-state index is -0.145. The van der Waals surface area contributed by atoms with Crippen LogP contribution in [0, 0.1) is 20.8 Å². The third kappa shape index (κ3) is 5.39. The molecule has 0 radical (unpaired) electrons. The summed E-state index contributed by atoms with van der Waals surface area (Å²) in [7, 11) is 0. The van der Waals surface area contributed by atoms with Crippen molar-refractivity contribution in [2.45, 2.75) is 52.5 Å². The fourth-order valence-corrected chi connectivity index (χ4v) is 3.79. The second-order valence-corrected chi connectivity index (χ2v) is 8.50. The summed E-state index contributed by atoms with van der Waals surface area (Å²) in [5.41, 5.74) is 13.4. The maximum Gasteiger partial charge on any atom is 0.251 e. The van der Waals surface area contributed by atoms with Crippen molar-refractivity contribution >= 4 is 23.3 Å². The molecule has 0 aromatic carbocycles. The molecule has 0 fully saturated rings. The van der Waals surface area contributed by atoms with E-state index in [2.05, 4.69) is 26.3 Å². The van der Waals surface area contributed by atoms with E-state index in [1.165, 1.54) is 5.56 Å². The number of halogens is 1. The highest BCUT2D eigenvalue weighted by Crippen LogP contribution is 2.18. The van der Waals surface area contributed by atoms with E-state index in [-0.39, 0.29) is 11.3 Å². The number of anilines is 1. The molecule has 0 spiro atoms. The van der Waals surface area contributed by atoms with Gasteiger partial charge < -0.3 is 16.0 Å². The molecule has 3 aromatic heterocycles. The van der Waals surface area contributed by atoms with E-state index in [4.69, 9.17) is 17.3 Å². The first kappa shape index (κ1) is 21.8. The summed E-state index contributed by atoms with van der Waals surface area (Å²) in [4.78, 5) is 24.8. The number of nitrogens with one attached hydrogen (secondary N) is 2. The summed E-state index contributed by atoms with van der Waals surface area (Å²) in [6.45, 7) is 8.30. The van der Waals surface area contributed by atoms with E-state index >= 15 is 0 Å². The number of carbonyl (C=O) groups is 1. The Morgan fingerprint density at radius 1 is 1.27 bits per heavy atom. The van der Waals surface area contributed by atoms with Gasteiger partial charge in [0, 0.05) is 52.9 Å². The van der Waals surface area contributed by atoms with Gasteiger partial charge in [0.1, 0.15) is 5.82 Å². The molecule has 30 heavy (non-hydrogen) atoms. The van der Waals surface area contributed by atoms with Gasteiger partial charge >= 0.3 is 0 Å². The Morgan fingerprint density at radius 2 is 2.03 bits per heavy atom. The number of aromatic amines is 1. The predicted molar refractivity (Wildman–Crippen MR) is 121 cm³/mol. The molecule has 0 saturated heterocycles. The first-order chi connectivity index (χ1) is 14.2. The molecule has 0 aliphatic rings. The van der Waals surface area contributed by atoms with Gasteiger partial charge in [-0.25, -0.2) is 4.98 Å². The zero-order valence-electron chi connectivity index (χ0n) is 17.8. The van der Waals surface area contributed by atoms with Crippen molar-refractivity contribution in [1.82, 2.24) is 20.3 Å². The molecule has 0 bridgehead atoms. The van der Waals surface area contributed by atoms with Crippen molar-refractivity contribution in [3.63, 3.8) is 0 Å². The van der Waals surface area contributed by atoms with Crippen molar-refractivity contribution in [3.05, 3.63) is 75.5 Å². The van der Waals surface area contributed by atoms with Gasteiger partial charge in [0.15, 0.2) is 0 Å². The number of aryl methyl sites for hydroxylation is 3. The molecule has 0 aliphatic heterocycles. The van der Waals surface area contributed by atoms with Gasteiger partial charge in [-0.3, -0.25) is 9.78 Å². The van der Waals surface area contributed by atoms with Crippen LogP contribution in [-0.4, -0.2) is 26.2 Å². The number of nitrogen functional groups attached to an aromatic ring is 1. The summed E-state index contributed by atoms with van der Waals surface area (Å²) in [6.07, 6.45) is 3.11. The second-order valence-electron chi connectivity index (χ2n) is 7.75. The number of pyridine rings is 2. The molecule has 3 rings (SSSR count). The monoisotopic (exact) mass is 425 g/mol. The van der Waals surface area contributed by atoms with Crippen molar-refractivity contribution < 1.29 is 4.79 Å². The zero-order valence-corrected chi connectivity index (χ0v) is 18.6. The third-order valence-corrected chi connectivity index (χ3v) is 5.28. The fourth-order valence-electron chi connectivity index (χ4n) is 3.62. The highest BCUT2D eigenvalue weighted by molar-refractivity contribution is 6.20. The van der Waals surface area contributed by atoms with Crippen molar-refractivity contribution in [1.29, 1.82) is 0 Å². The molecular formula is C23H28ClN5O. The Labute approximate surface area is 182 Å². The average Bonchev–Trinajstić information content (AvgIpc) is 2.99. The summed E-state index contributed by atoms with van der Waals surface area (Å²) in [5.74, 6) is 0.343. The summed E-state index contributed by atoms with van der Waals surface area (Å²) in [5, 5.41) is 3.06. The van der Waals surface area contributed by atoms with Gasteiger partial charge in [0.25, 0.3) is 5.91 Å². The molecule has 0 aliphatic carbocycles. The predicted octanol–water partition coefficient (Wildman–Crippen LogP) is 4.00. The highest BCUT2D eigenvalue weighted by Gasteiger charge is 2.12. The second kappa shape index (κ2) is 9.30. The summed E-state index contributed by atoms with van der Waals surface area (Å²) >= 11 is 6.13. The smallest absolute Gasteiger partial charge is 0.251 e. The van der Waals surface area contributed by atoms with Crippen LogP contribution in [0.25, 0.3) is 0 Å². The van der Waals surface area contributed by atoms with Gasteiger partial charge in [-0.1, -0.05) is 0 Å². The maximum atomic E-state index is 12.7. The lowest BCUT2D eigenvalue weighted by molar-refractivity contribution is 0.0950. The van der Waals surface area contributed by atoms with Gasteiger partial charge in [-0.2, -0.15) is 0 Å². The number of rotatable bonds is 7.